The van der Waals surface area contributed by atoms with Crippen molar-refractivity contribution in [3.05, 3.63) is 102 Å². The Morgan fingerprint density at radius 2 is 1.18 bits per heavy atom. The van der Waals surface area contributed by atoms with E-state index >= 15 is 0 Å². The van der Waals surface area contributed by atoms with E-state index in [-0.39, 0.29) is 25.7 Å². The zero-order valence-electron chi connectivity index (χ0n) is 34.3. The molecule has 60 heavy (non-hydrogen) atoms. The number of carboxylic acids is 2. The maximum absolute atomic E-state index is 14.3. The number of nitrogens with two attached hydrogens (primary N) is 3. The van der Waals surface area contributed by atoms with Crippen molar-refractivity contribution in [2.45, 2.75) is 95.9 Å². The molecule has 0 unspecified atom stereocenters. The summed E-state index contributed by atoms with van der Waals surface area (Å²) < 4.78 is 0. The molecular formula is C42H57N9O9. The lowest BCUT2D eigenvalue weighted by Crippen LogP contribution is -2.60. The summed E-state index contributed by atoms with van der Waals surface area (Å²) in [7, 11) is 0. The monoisotopic (exact) mass is 831 g/mol. The first kappa shape index (κ1) is 49.5. The normalized spacial score (nSPS) is 12.7. The molecule has 1 heterocycles. The first-order valence-corrected chi connectivity index (χ1v) is 19.2. The van der Waals surface area contributed by atoms with E-state index in [4.69, 9.17) is 37.0 Å². The molecule has 0 fully saturated rings. The molecule has 4 aromatic rings. The number of aromatic nitrogens is 2. The number of carboxylic acid groups (broad SMARTS) is 2. The van der Waals surface area contributed by atoms with Crippen LogP contribution in [-0.4, -0.2) is 97.9 Å². The van der Waals surface area contributed by atoms with Crippen LogP contribution >= 0.6 is 0 Å². The van der Waals surface area contributed by atoms with E-state index in [0.29, 0.717) is 25.1 Å². The fraction of sp³-hybridized carbons (Fsp3) is 0.381. The van der Waals surface area contributed by atoms with Gasteiger partial charge in [-0.15, -0.1) is 0 Å². The highest BCUT2D eigenvalue weighted by atomic mass is 16.4. The molecule has 3 aromatic carbocycles. The number of nitrogens with one attached hydrogen (secondary N) is 5. The Morgan fingerprint density at radius 3 is 1.68 bits per heavy atom. The standard InChI is InChI=1S/C38H49N9O5.2C2H4O2/c1-38(2,41)37(52)47-32(21-28-22-42-23-43-28)36(51)46-31(20-25-15-16-26-12-6-7-13-27(26)18-25)35(50)45-30(19-24-10-4-3-5-11-24)34(49)44-29(33(40)48)14-8-9-17-39;2*1-2(3)4/h3-7,10-13,15-16,18,22-23,29-32H,8-9,14,17,19-21,39,41H2,1-2H3,(H2,40,48)(H,42,43)(H,44,49)(H,45,50)(H,46,51)(H,47,52);2*1H3,(H,3,4)/t29-,30+,31+,32-;;/m0../s1. The van der Waals surface area contributed by atoms with Crippen LogP contribution in [0.4, 0.5) is 0 Å². The first-order chi connectivity index (χ1) is 28.3. The number of hydrogen-bond donors (Lipinski definition) is 10. The lowest BCUT2D eigenvalue weighted by atomic mass is 9.99. The Labute approximate surface area is 348 Å². The number of carbonyl (C=O) groups excluding carboxylic acids is 5. The predicted molar refractivity (Wildman–Crippen MR) is 225 cm³/mol. The second-order valence-electron chi connectivity index (χ2n) is 14.5. The van der Waals surface area contributed by atoms with Crippen LogP contribution in [0.25, 0.3) is 10.8 Å². The van der Waals surface area contributed by atoms with Crippen LogP contribution in [0.1, 0.15) is 63.8 Å². The summed E-state index contributed by atoms with van der Waals surface area (Å²) in [6.45, 7) is 5.62. The van der Waals surface area contributed by atoms with Gasteiger partial charge in [0.2, 0.25) is 29.5 Å². The van der Waals surface area contributed by atoms with Crippen molar-refractivity contribution in [1.29, 1.82) is 0 Å². The van der Waals surface area contributed by atoms with E-state index in [1.165, 1.54) is 26.4 Å². The summed E-state index contributed by atoms with van der Waals surface area (Å²) in [5, 5.41) is 27.8. The van der Waals surface area contributed by atoms with Crippen LogP contribution < -0.4 is 38.5 Å². The summed E-state index contributed by atoms with van der Waals surface area (Å²) >= 11 is 0. The fourth-order valence-corrected chi connectivity index (χ4v) is 5.63. The number of imidazole rings is 1. The molecule has 4 rings (SSSR count). The van der Waals surface area contributed by atoms with Gasteiger partial charge in [-0.3, -0.25) is 33.6 Å². The second kappa shape index (κ2) is 25.0. The molecule has 18 heteroatoms. The average Bonchev–Trinajstić information content (AvgIpc) is 3.69. The van der Waals surface area contributed by atoms with Gasteiger partial charge in [0, 0.05) is 45.0 Å². The molecule has 18 nitrogen and oxygen atoms in total. The maximum Gasteiger partial charge on any atom is 0.300 e. The van der Waals surface area contributed by atoms with Crippen molar-refractivity contribution >= 4 is 52.2 Å². The molecule has 0 aliphatic rings. The summed E-state index contributed by atoms with van der Waals surface area (Å²) in [5.41, 5.74) is 18.0. The molecule has 0 saturated heterocycles. The van der Waals surface area contributed by atoms with Crippen LogP contribution in [0.15, 0.2) is 85.3 Å². The topological polar surface area (TPSA) is 315 Å². The number of aliphatic carboxylic acids is 2. The number of primary amides is 1. The van der Waals surface area contributed by atoms with Crippen molar-refractivity contribution in [1.82, 2.24) is 31.2 Å². The van der Waals surface area contributed by atoms with Gasteiger partial charge >= 0.3 is 0 Å². The van der Waals surface area contributed by atoms with Gasteiger partial charge in [0.1, 0.15) is 24.2 Å². The minimum absolute atomic E-state index is 0.0374. The van der Waals surface area contributed by atoms with E-state index < -0.39 is 71.2 Å². The van der Waals surface area contributed by atoms with Crippen LogP contribution in [0.5, 0.6) is 0 Å². The van der Waals surface area contributed by atoms with E-state index in [0.717, 1.165) is 35.7 Å². The fourth-order valence-electron chi connectivity index (χ4n) is 5.63. The van der Waals surface area contributed by atoms with Gasteiger partial charge in [-0.05, 0) is 61.6 Å². The molecule has 0 aliphatic carbocycles. The minimum Gasteiger partial charge on any atom is -0.481 e. The lowest BCUT2D eigenvalue weighted by molar-refractivity contribution is -0.135. The van der Waals surface area contributed by atoms with Crippen LogP contribution in [0.2, 0.25) is 0 Å². The van der Waals surface area contributed by atoms with Crippen LogP contribution in [-0.2, 0) is 52.8 Å². The number of amides is 5. The summed E-state index contributed by atoms with van der Waals surface area (Å²) in [5.74, 6) is -4.85. The molecule has 0 bridgehead atoms. The Bertz CT molecular complexity index is 2000. The first-order valence-electron chi connectivity index (χ1n) is 19.2. The predicted octanol–water partition coefficient (Wildman–Crippen LogP) is 1.06. The number of aromatic amines is 1. The zero-order valence-corrected chi connectivity index (χ0v) is 34.3. The van der Waals surface area contributed by atoms with Gasteiger partial charge in [-0.1, -0.05) is 72.8 Å². The van der Waals surface area contributed by atoms with Gasteiger partial charge in [0.15, 0.2) is 0 Å². The number of unbranched alkanes of at least 4 members (excludes halogenated alkanes) is 1. The Balaban J connectivity index is 0.00000142. The Morgan fingerprint density at radius 1 is 0.683 bits per heavy atom. The number of hydrogen-bond acceptors (Lipinski definition) is 10. The Hall–Kier alpha value is -6.66. The zero-order chi connectivity index (χ0) is 44.8. The highest BCUT2D eigenvalue weighted by Crippen LogP contribution is 2.17. The van der Waals surface area contributed by atoms with E-state index in [1.54, 1.807) is 0 Å². The van der Waals surface area contributed by atoms with Gasteiger partial charge in [0.25, 0.3) is 11.9 Å². The smallest absolute Gasteiger partial charge is 0.300 e. The maximum atomic E-state index is 14.3. The van der Waals surface area contributed by atoms with Crippen molar-refractivity contribution in [2.75, 3.05) is 6.54 Å². The van der Waals surface area contributed by atoms with Crippen molar-refractivity contribution < 1.29 is 43.8 Å². The quantitative estimate of drug-likeness (QED) is 0.0594. The second-order valence-corrected chi connectivity index (χ2v) is 14.5. The van der Waals surface area contributed by atoms with Crippen molar-refractivity contribution in [2.24, 2.45) is 17.2 Å². The summed E-state index contributed by atoms with van der Waals surface area (Å²) in [6.07, 6.45) is 4.66. The van der Waals surface area contributed by atoms with Gasteiger partial charge in [-0.2, -0.15) is 0 Å². The van der Waals surface area contributed by atoms with E-state index in [9.17, 15) is 24.0 Å². The molecule has 5 amide bonds. The van der Waals surface area contributed by atoms with Crippen LogP contribution in [0.3, 0.4) is 0 Å². The Kier molecular flexibility index (Phi) is 20.6. The third-order valence-corrected chi connectivity index (χ3v) is 8.60. The van der Waals surface area contributed by atoms with Crippen LogP contribution in [0, 0.1) is 0 Å². The SMILES string of the molecule is CC(=O)O.CC(=O)O.CC(C)(N)C(=O)N[C@@H](Cc1cnc[nH]1)C(=O)N[C@H](Cc1ccc2ccccc2c1)C(=O)N[C@H](Cc1ccccc1)C(=O)N[C@@H](CCCCN)C(N)=O. The van der Waals surface area contributed by atoms with E-state index in [1.807, 2.05) is 72.8 Å². The molecule has 0 saturated carbocycles. The molecular weight excluding hydrogens is 775 g/mol. The lowest BCUT2D eigenvalue weighted by Gasteiger charge is -2.27. The summed E-state index contributed by atoms with van der Waals surface area (Å²) in [4.78, 5) is 92.2. The third-order valence-electron chi connectivity index (χ3n) is 8.60. The highest BCUT2D eigenvalue weighted by molar-refractivity contribution is 5.96. The number of fused-ring (bicyclic) bond motifs is 1. The van der Waals surface area contributed by atoms with Crippen molar-refractivity contribution in [3.8, 4) is 0 Å². The minimum atomic E-state index is -1.29. The molecule has 324 valence electrons. The largest absolute Gasteiger partial charge is 0.481 e. The van der Waals surface area contributed by atoms with Crippen molar-refractivity contribution in [3.63, 3.8) is 0 Å². The van der Waals surface area contributed by atoms with Gasteiger partial charge in [-0.25, -0.2) is 4.98 Å². The van der Waals surface area contributed by atoms with Gasteiger partial charge in [0.05, 0.1) is 11.9 Å². The summed E-state index contributed by atoms with van der Waals surface area (Å²) in [6, 6.07) is 18.1. The van der Waals surface area contributed by atoms with E-state index in [2.05, 4.69) is 31.2 Å². The molecule has 1 aromatic heterocycles. The molecule has 0 radical (unpaired) electrons. The molecule has 0 spiro atoms. The number of benzene rings is 3. The highest BCUT2D eigenvalue weighted by Gasteiger charge is 2.33. The number of carbonyl (C=O) groups is 7. The number of H-pyrrole nitrogens is 1. The molecule has 0 aliphatic heterocycles. The number of rotatable bonds is 19. The van der Waals surface area contributed by atoms with Gasteiger partial charge < -0.3 is 53.7 Å². The molecule has 4 atom stereocenters. The number of nitrogens with zero attached hydrogens (tertiary/aromatic N) is 1. The third kappa shape index (κ3) is 18.7. The average molecular weight is 832 g/mol. The molecule has 13 N–H and O–H groups in total.